The lowest BCUT2D eigenvalue weighted by molar-refractivity contribution is -0.134. The van der Waals surface area contributed by atoms with Gasteiger partial charge in [0.2, 0.25) is 17.7 Å². The standard InChI is InChI=1S/C40H43ClN6O6/c1-45-23-31(29-9-14-42-22-30(29)39(45)51)27-20-32(41)37(34(21-27)53-2)40(52)47-15-10-24(11-16-47)19-36(49)46-17-12-26(13-18-46)25-3-5-28(6-4-25)43-33-7-8-35(48)44-38(33)50/h3-6,9,14,20-24,26,33,43H,7-8,10-13,15-19H2,1-2H3,(H,44,48,50). The van der Waals surface area contributed by atoms with Crippen molar-refractivity contribution in [1.82, 2.24) is 24.7 Å². The number of nitrogens with one attached hydrogen (secondary N) is 2. The zero-order chi connectivity index (χ0) is 37.2. The van der Waals surface area contributed by atoms with E-state index in [1.165, 1.54) is 17.2 Å². The van der Waals surface area contributed by atoms with Crippen LogP contribution in [0.2, 0.25) is 5.02 Å². The number of hydrogen-bond acceptors (Lipinski definition) is 8. The number of anilines is 1. The molecule has 1 unspecified atom stereocenters. The molecule has 0 aliphatic carbocycles. The van der Waals surface area contributed by atoms with Crippen molar-refractivity contribution >= 4 is 51.7 Å². The molecule has 3 saturated heterocycles. The van der Waals surface area contributed by atoms with Gasteiger partial charge in [0.1, 0.15) is 17.4 Å². The topological polar surface area (TPSA) is 143 Å². The molecule has 4 amide bonds. The predicted octanol–water partition coefficient (Wildman–Crippen LogP) is 5.13. The second-order valence-corrected chi connectivity index (χ2v) is 14.7. The normalized spacial score (nSPS) is 18.6. The van der Waals surface area contributed by atoms with Crippen molar-refractivity contribution in [3.8, 4) is 16.9 Å². The average molecular weight is 739 g/mol. The maximum atomic E-state index is 13.8. The minimum Gasteiger partial charge on any atom is -0.496 e. The van der Waals surface area contributed by atoms with Crippen LogP contribution in [0.15, 0.2) is 65.8 Å². The monoisotopic (exact) mass is 738 g/mol. The van der Waals surface area contributed by atoms with Crippen LogP contribution in [0.25, 0.3) is 21.9 Å². The first-order valence-corrected chi connectivity index (χ1v) is 18.6. The summed E-state index contributed by atoms with van der Waals surface area (Å²) in [6.07, 6.45) is 9.43. The Labute approximate surface area is 312 Å². The van der Waals surface area contributed by atoms with Gasteiger partial charge in [0, 0.05) is 75.9 Å². The van der Waals surface area contributed by atoms with Gasteiger partial charge in [-0.05, 0) is 90.8 Å². The van der Waals surface area contributed by atoms with E-state index in [2.05, 4.69) is 27.8 Å². The average Bonchev–Trinajstić information content (AvgIpc) is 3.17. The molecule has 2 N–H and O–H groups in total. The molecule has 3 fully saturated rings. The third kappa shape index (κ3) is 7.64. The third-order valence-electron chi connectivity index (χ3n) is 11.0. The van der Waals surface area contributed by atoms with Gasteiger partial charge < -0.3 is 24.4 Å². The second kappa shape index (κ2) is 15.4. The van der Waals surface area contributed by atoms with Gasteiger partial charge in [-0.3, -0.25) is 34.3 Å². The number of rotatable bonds is 8. The Morgan fingerprint density at radius 1 is 0.943 bits per heavy atom. The maximum absolute atomic E-state index is 13.8. The number of ether oxygens (including phenoxy) is 1. The second-order valence-electron chi connectivity index (χ2n) is 14.3. The molecule has 4 aromatic rings. The summed E-state index contributed by atoms with van der Waals surface area (Å²) in [7, 11) is 3.19. The number of likely N-dealkylation sites (tertiary alicyclic amines) is 2. The van der Waals surface area contributed by atoms with E-state index in [4.69, 9.17) is 16.3 Å². The number of piperidine rings is 3. The molecule has 276 valence electrons. The summed E-state index contributed by atoms with van der Waals surface area (Å²) >= 11 is 6.80. The van der Waals surface area contributed by atoms with Crippen LogP contribution in [-0.4, -0.2) is 82.3 Å². The lowest BCUT2D eigenvalue weighted by Gasteiger charge is -2.35. The SMILES string of the molecule is COc1cc(-c2cn(C)c(=O)c3cnccc23)cc(Cl)c1C(=O)N1CCC(CC(=O)N2CCC(c3ccc(NC4CCC(=O)NC4=O)cc3)CC2)CC1. The zero-order valence-electron chi connectivity index (χ0n) is 29.9. The molecular formula is C40H43ClN6O6. The number of amides is 4. The molecular weight excluding hydrogens is 696 g/mol. The first kappa shape index (κ1) is 36.1. The first-order valence-electron chi connectivity index (χ1n) is 18.2. The highest BCUT2D eigenvalue weighted by Crippen LogP contribution is 2.37. The number of pyridine rings is 2. The number of aryl methyl sites for hydroxylation is 1. The van der Waals surface area contributed by atoms with Crippen LogP contribution in [0.4, 0.5) is 5.69 Å². The fraction of sp³-hybridized carbons (Fsp3) is 0.400. The third-order valence-corrected chi connectivity index (χ3v) is 11.3. The van der Waals surface area contributed by atoms with Crippen LogP contribution >= 0.6 is 11.6 Å². The summed E-state index contributed by atoms with van der Waals surface area (Å²) in [4.78, 5) is 71.3. The van der Waals surface area contributed by atoms with Crippen molar-refractivity contribution in [3.63, 3.8) is 0 Å². The van der Waals surface area contributed by atoms with E-state index in [-0.39, 0.29) is 40.1 Å². The highest BCUT2D eigenvalue weighted by molar-refractivity contribution is 6.34. The van der Waals surface area contributed by atoms with Crippen LogP contribution < -0.4 is 20.9 Å². The molecule has 2 aromatic carbocycles. The quantitative estimate of drug-likeness (QED) is 0.237. The van der Waals surface area contributed by atoms with Gasteiger partial charge in [-0.15, -0.1) is 0 Å². The van der Waals surface area contributed by atoms with Crippen LogP contribution in [0.3, 0.4) is 0 Å². The summed E-state index contributed by atoms with van der Waals surface area (Å²) in [5.41, 5.74) is 3.69. The maximum Gasteiger partial charge on any atom is 0.259 e. The molecule has 13 heteroatoms. The zero-order valence-corrected chi connectivity index (χ0v) is 30.7. The molecule has 5 heterocycles. The van der Waals surface area contributed by atoms with E-state index in [9.17, 15) is 24.0 Å². The minimum absolute atomic E-state index is 0.154. The Bertz CT molecular complexity index is 2120. The summed E-state index contributed by atoms with van der Waals surface area (Å²) in [6, 6.07) is 13.0. The van der Waals surface area contributed by atoms with Crippen LogP contribution in [0, 0.1) is 5.92 Å². The van der Waals surface area contributed by atoms with Gasteiger partial charge in [0.25, 0.3) is 11.5 Å². The lowest BCUT2D eigenvalue weighted by atomic mass is 9.88. The molecule has 1 atom stereocenters. The van der Waals surface area contributed by atoms with Crippen LogP contribution in [0.5, 0.6) is 5.75 Å². The molecule has 0 bridgehead atoms. The summed E-state index contributed by atoms with van der Waals surface area (Å²) in [6.45, 7) is 2.45. The number of halogens is 1. The Kier molecular flexibility index (Phi) is 10.5. The van der Waals surface area contributed by atoms with Gasteiger partial charge in [-0.25, -0.2) is 0 Å². The van der Waals surface area contributed by atoms with Crippen molar-refractivity contribution in [2.75, 3.05) is 38.6 Å². The lowest BCUT2D eigenvalue weighted by Crippen LogP contribution is -2.47. The molecule has 12 nitrogen and oxygen atoms in total. The fourth-order valence-corrected chi connectivity index (χ4v) is 8.16. The van der Waals surface area contributed by atoms with Gasteiger partial charge in [-0.1, -0.05) is 23.7 Å². The molecule has 53 heavy (non-hydrogen) atoms. The number of carbonyl (C=O) groups is 4. The number of carbonyl (C=O) groups excluding carboxylic acids is 4. The molecule has 0 radical (unpaired) electrons. The van der Waals surface area contributed by atoms with Gasteiger partial charge in [0.15, 0.2) is 0 Å². The van der Waals surface area contributed by atoms with E-state index in [1.807, 2.05) is 17.0 Å². The van der Waals surface area contributed by atoms with Crippen LogP contribution in [-0.2, 0) is 21.4 Å². The number of fused-ring (bicyclic) bond motifs is 1. The van der Waals surface area contributed by atoms with E-state index < -0.39 is 6.04 Å². The molecule has 2 aromatic heterocycles. The van der Waals surface area contributed by atoms with Crippen molar-refractivity contribution in [2.45, 2.75) is 56.9 Å². The highest BCUT2D eigenvalue weighted by atomic mass is 35.5. The van der Waals surface area contributed by atoms with E-state index >= 15 is 0 Å². The Morgan fingerprint density at radius 2 is 1.66 bits per heavy atom. The van der Waals surface area contributed by atoms with Gasteiger partial charge in [0.05, 0.1) is 17.5 Å². The number of aromatic nitrogens is 2. The van der Waals surface area contributed by atoms with Crippen molar-refractivity contribution < 1.29 is 23.9 Å². The van der Waals surface area contributed by atoms with Crippen molar-refractivity contribution in [2.24, 2.45) is 13.0 Å². The number of methoxy groups -OCH3 is 1. The molecule has 3 aliphatic rings. The molecule has 0 spiro atoms. The smallest absolute Gasteiger partial charge is 0.259 e. The summed E-state index contributed by atoms with van der Waals surface area (Å²) in [5.74, 6) is 0.342. The van der Waals surface area contributed by atoms with Gasteiger partial charge in [-0.2, -0.15) is 0 Å². The Morgan fingerprint density at radius 3 is 2.36 bits per heavy atom. The van der Waals surface area contributed by atoms with Crippen molar-refractivity contribution in [1.29, 1.82) is 0 Å². The minimum atomic E-state index is -0.416. The summed E-state index contributed by atoms with van der Waals surface area (Å²) in [5, 5.41) is 7.08. The predicted molar refractivity (Wildman–Crippen MR) is 202 cm³/mol. The Hall–Kier alpha value is -5.23. The van der Waals surface area contributed by atoms with E-state index in [0.29, 0.717) is 73.6 Å². The highest BCUT2D eigenvalue weighted by Gasteiger charge is 2.31. The first-order chi connectivity index (χ1) is 25.6. The van der Waals surface area contributed by atoms with Gasteiger partial charge >= 0.3 is 0 Å². The largest absolute Gasteiger partial charge is 0.496 e. The van der Waals surface area contributed by atoms with E-state index in [0.717, 1.165) is 42.3 Å². The number of benzene rings is 2. The number of nitrogens with zero attached hydrogens (tertiary/aromatic N) is 4. The Balaban J connectivity index is 0.913. The molecule has 0 saturated carbocycles. The molecule has 7 rings (SSSR count). The van der Waals surface area contributed by atoms with E-state index in [1.54, 1.807) is 48.7 Å². The summed E-state index contributed by atoms with van der Waals surface area (Å²) < 4.78 is 7.20. The fourth-order valence-electron chi connectivity index (χ4n) is 7.87. The molecule has 3 aliphatic heterocycles. The number of imide groups is 1. The van der Waals surface area contributed by atoms with Crippen LogP contribution in [0.1, 0.15) is 66.8 Å². The van der Waals surface area contributed by atoms with Crippen molar-refractivity contribution in [3.05, 3.63) is 87.6 Å². The number of hydrogen-bond donors (Lipinski definition) is 2.